The molecule has 3 rings (SSSR count). The standard InChI is InChI=1S/C16H17N3O3S2/c1-2-22-16(21)18-15-17-12-7-8-19(10-13(12)24-15)14(20)6-5-11-4-3-9-23-11/h3-6,9H,2,7-8,10H2,1H3,(H,17,18,21)/b6-5+. The lowest BCUT2D eigenvalue weighted by Crippen LogP contribution is -2.34. The van der Waals surface area contributed by atoms with E-state index in [9.17, 15) is 9.59 Å². The molecule has 2 aromatic heterocycles. The van der Waals surface area contributed by atoms with Crippen molar-refractivity contribution in [2.45, 2.75) is 19.9 Å². The van der Waals surface area contributed by atoms with Crippen molar-refractivity contribution >= 4 is 45.9 Å². The van der Waals surface area contributed by atoms with Gasteiger partial charge in [0, 0.05) is 28.8 Å². The first-order valence-electron chi connectivity index (χ1n) is 7.58. The molecule has 0 spiro atoms. The third-order valence-corrected chi connectivity index (χ3v) is 5.30. The van der Waals surface area contributed by atoms with E-state index in [0.717, 1.165) is 15.4 Å². The predicted molar refractivity (Wildman–Crippen MR) is 95.2 cm³/mol. The fraction of sp³-hybridized carbons (Fsp3) is 0.312. The molecule has 2 aromatic rings. The number of rotatable bonds is 4. The molecule has 3 heterocycles. The predicted octanol–water partition coefficient (Wildman–Crippen LogP) is 3.37. The number of fused-ring (bicyclic) bond motifs is 1. The van der Waals surface area contributed by atoms with Crippen LogP contribution in [0.25, 0.3) is 6.08 Å². The summed E-state index contributed by atoms with van der Waals surface area (Å²) < 4.78 is 4.85. The van der Waals surface area contributed by atoms with Crippen LogP contribution in [0, 0.1) is 0 Å². The molecule has 1 aliphatic rings. The minimum atomic E-state index is -0.504. The second kappa shape index (κ2) is 7.59. The first-order valence-corrected chi connectivity index (χ1v) is 9.28. The van der Waals surface area contributed by atoms with Crippen molar-refractivity contribution in [1.82, 2.24) is 9.88 Å². The summed E-state index contributed by atoms with van der Waals surface area (Å²) in [7, 11) is 0. The maximum atomic E-state index is 12.3. The van der Waals surface area contributed by atoms with Crippen LogP contribution in [0.3, 0.4) is 0 Å². The number of carbonyl (C=O) groups is 2. The van der Waals surface area contributed by atoms with Gasteiger partial charge in [0.25, 0.3) is 0 Å². The highest BCUT2D eigenvalue weighted by Gasteiger charge is 2.23. The number of carbonyl (C=O) groups excluding carboxylic acids is 2. The molecule has 24 heavy (non-hydrogen) atoms. The maximum Gasteiger partial charge on any atom is 0.413 e. The summed E-state index contributed by atoms with van der Waals surface area (Å²) in [6.07, 6.45) is 3.63. The van der Waals surface area contributed by atoms with Gasteiger partial charge in [-0.3, -0.25) is 10.1 Å². The average molecular weight is 363 g/mol. The number of nitrogens with zero attached hydrogens (tertiary/aromatic N) is 2. The molecule has 0 bridgehead atoms. The van der Waals surface area contributed by atoms with Crippen LogP contribution < -0.4 is 5.32 Å². The van der Waals surface area contributed by atoms with Gasteiger partial charge in [0.1, 0.15) is 0 Å². The molecule has 8 heteroatoms. The second-order valence-corrected chi connectivity index (χ2v) is 7.16. The Morgan fingerprint density at radius 3 is 3.12 bits per heavy atom. The quantitative estimate of drug-likeness (QED) is 0.846. The first-order chi connectivity index (χ1) is 11.7. The monoisotopic (exact) mass is 363 g/mol. The van der Waals surface area contributed by atoms with Crippen LogP contribution in [-0.4, -0.2) is 35.0 Å². The van der Waals surface area contributed by atoms with Gasteiger partial charge < -0.3 is 9.64 Å². The first kappa shape index (κ1) is 16.7. The SMILES string of the molecule is CCOC(=O)Nc1nc2c(s1)CN(C(=O)/C=C/c1cccs1)CC2. The highest BCUT2D eigenvalue weighted by atomic mass is 32.1. The van der Waals surface area contributed by atoms with Crippen molar-refractivity contribution in [3.8, 4) is 0 Å². The molecule has 0 aliphatic carbocycles. The number of anilines is 1. The van der Waals surface area contributed by atoms with Crippen LogP contribution in [0.2, 0.25) is 0 Å². The van der Waals surface area contributed by atoms with Gasteiger partial charge in [-0.1, -0.05) is 17.4 Å². The summed E-state index contributed by atoms with van der Waals surface area (Å²) >= 11 is 2.98. The highest BCUT2D eigenvalue weighted by Crippen LogP contribution is 2.28. The van der Waals surface area contributed by atoms with E-state index < -0.39 is 6.09 Å². The maximum absolute atomic E-state index is 12.3. The third kappa shape index (κ3) is 4.01. The van der Waals surface area contributed by atoms with Crippen LogP contribution >= 0.6 is 22.7 Å². The van der Waals surface area contributed by atoms with Gasteiger partial charge >= 0.3 is 6.09 Å². The number of thiazole rings is 1. The van der Waals surface area contributed by atoms with E-state index in [1.54, 1.807) is 29.2 Å². The zero-order chi connectivity index (χ0) is 16.9. The number of ether oxygens (including phenoxy) is 1. The van der Waals surface area contributed by atoms with E-state index in [1.807, 2.05) is 23.6 Å². The van der Waals surface area contributed by atoms with Crippen LogP contribution in [0.1, 0.15) is 22.4 Å². The van der Waals surface area contributed by atoms with Gasteiger partial charge in [-0.2, -0.15) is 0 Å². The van der Waals surface area contributed by atoms with E-state index in [4.69, 9.17) is 4.74 Å². The molecule has 0 unspecified atom stereocenters. The highest BCUT2D eigenvalue weighted by molar-refractivity contribution is 7.15. The Bertz CT molecular complexity index is 753. The van der Waals surface area contributed by atoms with Crippen molar-refractivity contribution in [2.75, 3.05) is 18.5 Å². The molecule has 0 saturated carbocycles. The Hall–Kier alpha value is -2.19. The molecule has 0 atom stereocenters. The zero-order valence-corrected chi connectivity index (χ0v) is 14.8. The molecule has 6 nitrogen and oxygen atoms in total. The van der Waals surface area contributed by atoms with Crippen LogP contribution in [0.5, 0.6) is 0 Å². The Morgan fingerprint density at radius 1 is 1.50 bits per heavy atom. The van der Waals surface area contributed by atoms with Gasteiger partial charge in [0.2, 0.25) is 5.91 Å². The number of hydrogen-bond donors (Lipinski definition) is 1. The lowest BCUT2D eigenvalue weighted by atomic mass is 10.2. The number of thiophene rings is 1. The molecule has 1 N–H and O–H groups in total. The van der Waals surface area contributed by atoms with Crippen LogP contribution in [0.15, 0.2) is 23.6 Å². The summed E-state index contributed by atoms with van der Waals surface area (Å²) in [5.74, 6) is -0.0117. The average Bonchev–Trinajstić information content (AvgIpc) is 3.20. The summed E-state index contributed by atoms with van der Waals surface area (Å²) in [5.41, 5.74) is 0.943. The zero-order valence-electron chi connectivity index (χ0n) is 13.2. The molecule has 0 radical (unpaired) electrons. The minimum absolute atomic E-state index is 0.0117. The Morgan fingerprint density at radius 2 is 2.38 bits per heavy atom. The lowest BCUT2D eigenvalue weighted by Gasteiger charge is -2.24. The lowest BCUT2D eigenvalue weighted by molar-refractivity contribution is -0.126. The molecule has 126 valence electrons. The van der Waals surface area contributed by atoms with Gasteiger partial charge in [-0.15, -0.1) is 11.3 Å². The largest absolute Gasteiger partial charge is 0.450 e. The fourth-order valence-electron chi connectivity index (χ4n) is 2.34. The molecule has 0 fully saturated rings. The normalized spacial score (nSPS) is 13.8. The van der Waals surface area contributed by atoms with Gasteiger partial charge in [0.05, 0.1) is 18.8 Å². The molecule has 0 aromatic carbocycles. The summed E-state index contributed by atoms with van der Waals surface area (Å²) in [6, 6.07) is 3.93. The Balaban J connectivity index is 1.62. The molecule has 0 saturated heterocycles. The number of hydrogen-bond acceptors (Lipinski definition) is 6. The molecular weight excluding hydrogens is 346 g/mol. The van der Waals surface area contributed by atoms with Gasteiger partial charge in [-0.25, -0.2) is 9.78 Å². The topological polar surface area (TPSA) is 71.5 Å². The van der Waals surface area contributed by atoms with Crippen molar-refractivity contribution < 1.29 is 14.3 Å². The van der Waals surface area contributed by atoms with Crippen molar-refractivity contribution in [1.29, 1.82) is 0 Å². The van der Waals surface area contributed by atoms with Crippen molar-refractivity contribution in [3.63, 3.8) is 0 Å². The number of aromatic nitrogens is 1. The van der Waals surface area contributed by atoms with Crippen molar-refractivity contribution in [3.05, 3.63) is 39.0 Å². The molecule has 1 aliphatic heterocycles. The van der Waals surface area contributed by atoms with Gasteiger partial charge in [0.15, 0.2) is 5.13 Å². The third-order valence-electron chi connectivity index (χ3n) is 3.46. The smallest absolute Gasteiger partial charge is 0.413 e. The summed E-state index contributed by atoms with van der Waals surface area (Å²) in [6.45, 7) is 3.21. The Labute approximate surface area is 147 Å². The Kier molecular flexibility index (Phi) is 5.27. The van der Waals surface area contributed by atoms with E-state index in [2.05, 4.69) is 10.3 Å². The van der Waals surface area contributed by atoms with E-state index in [-0.39, 0.29) is 5.91 Å². The number of amides is 2. The minimum Gasteiger partial charge on any atom is -0.450 e. The fourth-order valence-corrected chi connectivity index (χ4v) is 3.96. The summed E-state index contributed by atoms with van der Waals surface area (Å²) in [5, 5.41) is 5.11. The number of nitrogens with one attached hydrogen (secondary N) is 1. The van der Waals surface area contributed by atoms with Gasteiger partial charge in [-0.05, 0) is 24.4 Å². The van der Waals surface area contributed by atoms with E-state index in [1.165, 1.54) is 11.3 Å². The molecular formula is C16H17N3O3S2. The van der Waals surface area contributed by atoms with E-state index in [0.29, 0.717) is 31.2 Å². The second-order valence-electron chi connectivity index (χ2n) is 5.09. The van der Waals surface area contributed by atoms with Crippen LogP contribution in [0.4, 0.5) is 9.93 Å². The molecule has 2 amide bonds. The summed E-state index contributed by atoms with van der Waals surface area (Å²) in [4.78, 5) is 32.0. The van der Waals surface area contributed by atoms with E-state index >= 15 is 0 Å². The van der Waals surface area contributed by atoms with Crippen LogP contribution in [-0.2, 0) is 22.5 Å². The van der Waals surface area contributed by atoms with Crippen molar-refractivity contribution in [2.24, 2.45) is 0 Å².